The lowest BCUT2D eigenvalue weighted by Crippen LogP contribution is -2.48. The molecule has 0 saturated heterocycles. The molecule has 0 aliphatic carbocycles. The summed E-state index contributed by atoms with van der Waals surface area (Å²) in [5.41, 5.74) is 7.80. The minimum atomic E-state index is -0.379. The van der Waals surface area contributed by atoms with E-state index in [0.29, 0.717) is 11.1 Å². The summed E-state index contributed by atoms with van der Waals surface area (Å²) in [6.45, 7) is 3.82. The molecule has 23 heavy (non-hydrogen) atoms. The van der Waals surface area contributed by atoms with Crippen molar-refractivity contribution in [1.29, 1.82) is 0 Å². The van der Waals surface area contributed by atoms with Gasteiger partial charge >= 0.3 is 0 Å². The van der Waals surface area contributed by atoms with Gasteiger partial charge in [0.05, 0.1) is 0 Å². The van der Waals surface area contributed by atoms with Gasteiger partial charge in [-0.05, 0) is 50.3 Å². The number of hydrogen-bond acceptors (Lipinski definition) is 4. The van der Waals surface area contributed by atoms with Gasteiger partial charge in [0.2, 0.25) is 0 Å². The first-order valence-corrected chi connectivity index (χ1v) is 7.26. The smallest absolute Gasteiger partial charge is 0.269 e. The molecule has 0 aliphatic heterocycles. The number of hydrogen-bond donors (Lipinski definition) is 3. The van der Waals surface area contributed by atoms with E-state index in [1.807, 2.05) is 19.9 Å². The van der Waals surface area contributed by atoms with Gasteiger partial charge in [0, 0.05) is 23.5 Å². The molecular formula is C16H16N4O2S. The van der Waals surface area contributed by atoms with Crippen molar-refractivity contribution in [1.82, 2.24) is 21.2 Å². The maximum atomic E-state index is 12.1. The second kappa shape index (κ2) is 7.46. The molecule has 6 nitrogen and oxygen atoms in total. The minimum absolute atomic E-state index is 0.0107. The fourth-order valence-corrected chi connectivity index (χ4v) is 2.15. The molecule has 1 aromatic heterocycles. The molecule has 0 bridgehead atoms. The van der Waals surface area contributed by atoms with Crippen molar-refractivity contribution in [3.8, 4) is 0 Å². The van der Waals surface area contributed by atoms with Crippen LogP contribution in [0.2, 0.25) is 0 Å². The molecule has 0 saturated carbocycles. The van der Waals surface area contributed by atoms with Gasteiger partial charge in [0.1, 0.15) is 0 Å². The number of amides is 2. The highest BCUT2D eigenvalue weighted by Crippen LogP contribution is 2.08. The summed E-state index contributed by atoms with van der Waals surface area (Å²) in [5, 5.41) is 2.52. The molecule has 118 valence electrons. The number of pyridine rings is 1. The topological polar surface area (TPSA) is 83.1 Å². The van der Waals surface area contributed by atoms with Crippen LogP contribution in [0.3, 0.4) is 0 Å². The molecule has 0 radical (unpaired) electrons. The number of carbonyl (C=O) groups is 2. The molecular weight excluding hydrogens is 312 g/mol. The van der Waals surface area contributed by atoms with E-state index in [9.17, 15) is 9.59 Å². The number of benzene rings is 1. The van der Waals surface area contributed by atoms with E-state index in [-0.39, 0.29) is 16.9 Å². The summed E-state index contributed by atoms with van der Waals surface area (Å²) in [6.07, 6.45) is 3.02. The molecule has 0 unspecified atom stereocenters. The lowest BCUT2D eigenvalue weighted by atomic mass is 10.1. The van der Waals surface area contributed by atoms with Gasteiger partial charge < -0.3 is 0 Å². The monoisotopic (exact) mass is 328 g/mol. The maximum Gasteiger partial charge on any atom is 0.269 e. The van der Waals surface area contributed by atoms with Crippen molar-refractivity contribution in [2.45, 2.75) is 13.8 Å². The maximum absolute atomic E-state index is 12.1. The quantitative estimate of drug-likeness (QED) is 0.577. The molecule has 3 N–H and O–H groups in total. The van der Waals surface area contributed by atoms with Gasteiger partial charge in [-0.15, -0.1) is 0 Å². The Bertz CT molecular complexity index is 727. The van der Waals surface area contributed by atoms with E-state index in [4.69, 9.17) is 12.2 Å². The number of aryl methyl sites for hydroxylation is 2. The second-order valence-corrected chi connectivity index (χ2v) is 5.38. The Kier molecular flexibility index (Phi) is 5.37. The summed E-state index contributed by atoms with van der Waals surface area (Å²) in [6, 6.07) is 8.63. The highest BCUT2D eigenvalue weighted by atomic mass is 32.1. The van der Waals surface area contributed by atoms with Crippen molar-refractivity contribution >= 4 is 29.1 Å². The predicted octanol–water partition coefficient (Wildman–Crippen LogP) is 1.65. The van der Waals surface area contributed by atoms with E-state index >= 15 is 0 Å². The number of rotatable bonds is 2. The molecule has 2 rings (SSSR count). The van der Waals surface area contributed by atoms with Gasteiger partial charge in [-0.25, -0.2) is 0 Å². The zero-order valence-electron chi connectivity index (χ0n) is 12.7. The summed E-state index contributed by atoms with van der Waals surface area (Å²) in [5.74, 6) is -0.720. The first-order valence-electron chi connectivity index (χ1n) is 6.85. The van der Waals surface area contributed by atoms with Crippen molar-refractivity contribution in [2.24, 2.45) is 0 Å². The van der Waals surface area contributed by atoms with Crippen molar-refractivity contribution in [3.05, 3.63) is 65.0 Å². The van der Waals surface area contributed by atoms with Gasteiger partial charge in [-0.3, -0.25) is 30.7 Å². The molecule has 2 amide bonds. The Hall–Kier alpha value is -2.80. The lowest BCUT2D eigenvalue weighted by molar-refractivity contribution is 0.0934. The predicted molar refractivity (Wildman–Crippen MR) is 90.8 cm³/mol. The van der Waals surface area contributed by atoms with Crippen LogP contribution in [-0.2, 0) is 0 Å². The van der Waals surface area contributed by atoms with E-state index in [2.05, 4.69) is 21.2 Å². The third-order valence-corrected chi connectivity index (χ3v) is 3.15. The lowest BCUT2D eigenvalue weighted by Gasteiger charge is -2.11. The minimum Gasteiger partial charge on any atom is -0.298 e. The number of carbonyl (C=O) groups excluding carboxylic acids is 2. The molecule has 0 spiro atoms. The van der Waals surface area contributed by atoms with Gasteiger partial charge in [0.15, 0.2) is 5.11 Å². The molecule has 7 heteroatoms. The van der Waals surface area contributed by atoms with Crippen LogP contribution in [0.25, 0.3) is 0 Å². The van der Waals surface area contributed by atoms with Crippen molar-refractivity contribution in [3.63, 3.8) is 0 Å². The van der Waals surface area contributed by atoms with Gasteiger partial charge in [0.25, 0.3) is 11.8 Å². The van der Waals surface area contributed by atoms with E-state index < -0.39 is 0 Å². The number of aromatic nitrogens is 1. The number of nitrogens with one attached hydrogen (secondary N) is 3. The summed E-state index contributed by atoms with van der Waals surface area (Å²) < 4.78 is 0. The standard InChI is InChI=1S/C16H16N4O2S/c1-10-7-11(2)9-13(8-10)14(21)18-16(23)20-19-15(22)12-3-5-17-6-4-12/h3-9H,1-2H3,(H,19,22)(H2,18,20,21,23). The van der Waals surface area contributed by atoms with Crippen LogP contribution in [0.4, 0.5) is 0 Å². The van der Waals surface area contributed by atoms with E-state index in [1.54, 1.807) is 24.3 Å². The number of hydrazine groups is 1. The highest BCUT2D eigenvalue weighted by molar-refractivity contribution is 7.80. The fraction of sp³-hybridized carbons (Fsp3) is 0.125. The first kappa shape index (κ1) is 16.6. The molecule has 0 atom stereocenters. The van der Waals surface area contributed by atoms with E-state index in [1.165, 1.54) is 12.4 Å². The Morgan fingerprint density at radius 3 is 2.13 bits per heavy atom. The Morgan fingerprint density at radius 2 is 1.52 bits per heavy atom. The highest BCUT2D eigenvalue weighted by Gasteiger charge is 2.10. The number of thiocarbonyl (C=S) groups is 1. The van der Waals surface area contributed by atoms with Gasteiger partial charge in [-0.2, -0.15) is 0 Å². The summed E-state index contributed by atoms with van der Waals surface area (Å²) in [7, 11) is 0. The Morgan fingerprint density at radius 1 is 0.913 bits per heavy atom. The molecule has 1 aromatic carbocycles. The molecule has 0 fully saturated rings. The van der Waals surface area contributed by atoms with Gasteiger partial charge in [-0.1, -0.05) is 17.2 Å². The zero-order valence-corrected chi connectivity index (χ0v) is 13.5. The largest absolute Gasteiger partial charge is 0.298 e. The van der Waals surface area contributed by atoms with Crippen molar-refractivity contribution in [2.75, 3.05) is 0 Å². The van der Waals surface area contributed by atoms with Crippen LogP contribution < -0.4 is 16.2 Å². The molecule has 1 heterocycles. The zero-order chi connectivity index (χ0) is 16.8. The van der Waals surface area contributed by atoms with Crippen LogP contribution in [-0.4, -0.2) is 21.9 Å². The Labute approximate surface area is 139 Å². The molecule has 0 aliphatic rings. The number of nitrogens with zero attached hydrogens (tertiary/aromatic N) is 1. The third-order valence-electron chi connectivity index (χ3n) is 2.94. The normalized spacial score (nSPS) is 9.83. The van der Waals surface area contributed by atoms with Crippen LogP contribution >= 0.6 is 12.2 Å². The summed E-state index contributed by atoms with van der Waals surface area (Å²) in [4.78, 5) is 27.8. The average molecular weight is 328 g/mol. The van der Waals surface area contributed by atoms with Crippen LogP contribution in [0.15, 0.2) is 42.7 Å². The third kappa shape index (κ3) is 4.86. The average Bonchev–Trinajstić information content (AvgIpc) is 2.52. The van der Waals surface area contributed by atoms with E-state index in [0.717, 1.165) is 11.1 Å². The van der Waals surface area contributed by atoms with Crippen molar-refractivity contribution < 1.29 is 9.59 Å². The van der Waals surface area contributed by atoms with Crippen LogP contribution in [0.5, 0.6) is 0 Å². The fourth-order valence-electron chi connectivity index (χ4n) is 2.00. The molecule has 2 aromatic rings. The first-order chi connectivity index (χ1) is 11.0. The van der Waals surface area contributed by atoms with Crippen LogP contribution in [0.1, 0.15) is 31.8 Å². The Balaban J connectivity index is 1.89. The summed E-state index contributed by atoms with van der Waals surface area (Å²) >= 11 is 4.99. The second-order valence-electron chi connectivity index (χ2n) is 4.97. The SMILES string of the molecule is Cc1cc(C)cc(C(=O)NC(=S)NNC(=O)c2ccncc2)c1. The van der Waals surface area contributed by atoms with Crippen LogP contribution in [0, 0.1) is 13.8 Å².